The molecule has 0 heterocycles. The van der Waals surface area contributed by atoms with Crippen LogP contribution in [0.25, 0.3) is 0 Å². The molecule has 114 valence electrons. The summed E-state index contributed by atoms with van der Waals surface area (Å²) in [6.07, 6.45) is 5.25. The third-order valence-corrected chi connectivity index (χ3v) is 3.69. The second-order valence-electron chi connectivity index (χ2n) is 5.47. The summed E-state index contributed by atoms with van der Waals surface area (Å²) in [6.45, 7) is 6.57. The molecule has 3 heteroatoms. The largest absolute Gasteiger partial charge is 0.497 e. The van der Waals surface area contributed by atoms with Crippen molar-refractivity contribution in [3.05, 3.63) is 24.3 Å². The SMILES string of the molecule is CCCCCC(C)NCCN(C)c1ccc(OC)cc1. The van der Waals surface area contributed by atoms with Gasteiger partial charge in [-0.1, -0.05) is 26.2 Å². The summed E-state index contributed by atoms with van der Waals surface area (Å²) in [5.74, 6) is 0.907. The molecule has 20 heavy (non-hydrogen) atoms. The summed E-state index contributed by atoms with van der Waals surface area (Å²) in [5, 5.41) is 3.60. The Balaban J connectivity index is 2.23. The molecule has 1 aromatic rings. The number of nitrogens with zero attached hydrogens (tertiary/aromatic N) is 1. The van der Waals surface area contributed by atoms with Crippen LogP contribution in [0.5, 0.6) is 5.75 Å². The van der Waals surface area contributed by atoms with E-state index < -0.39 is 0 Å². The molecule has 1 atom stereocenters. The van der Waals surface area contributed by atoms with Crippen LogP contribution in [0.3, 0.4) is 0 Å². The Hall–Kier alpha value is -1.22. The first-order chi connectivity index (χ1) is 9.67. The van der Waals surface area contributed by atoms with Crippen LogP contribution >= 0.6 is 0 Å². The predicted octanol–water partition coefficient (Wildman–Crippen LogP) is 3.69. The highest BCUT2D eigenvalue weighted by Crippen LogP contribution is 2.17. The van der Waals surface area contributed by atoms with Crippen molar-refractivity contribution >= 4 is 5.69 Å². The molecule has 0 spiro atoms. The molecule has 0 fully saturated rings. The van der Waals surface area contributed by atoms with Gasteiger partial charge >= 0.3 is 0 Å². The van der Waals surface area contributed by atoms with Crippen LogP contribution in [0.1, 0.15) is 39.5 Å². The molecule has 0 aliphatic heterocycles. The number of hydrogen-bond donors (Lipinski definition) is 1. The van der Waals surface area contributed by atoms with E-state index in [4.69, 9.17) is 4.74 Å². The van der Waals surface area contributed by atoms with Crippen LogP contribution in [-0.2, 0) is 0 Å². The Morgan fingerprint density at radius 1 is 1.20 bits per heavy atom. The Morgan fingerprint density at radius 2 is 1.90 bits per heavy atom. The third-order valence-electron chi connectivity index (χ3n) is 3.69. The van der Waals surface area contributed by atoms with Crippen LogP contribution in [-0.4, -0.2) is 33.3 Å². The molecular weight excluding hydrogens is 248 g/mol. The van der Waals surface area contributed by atoms with E-state index in [1.54, 1.807) is 7.11 Å². The van der Waals surface area contributed by atoms with Crippen molar-refractivity contribution in [1.82, 2.24) is 5.32 Å². The van der Waals surface area contributed by atoms with E-state index in [2.05, 4.69) is 43.2 Å². The summed E-state index contributed by atoms with van der Waals surface area (Å²) in [6, 6.07) is 8.83. The Bertz CT molecular complexity index is 351. The maximum Gasteiger partial charge on any atom is 0.119 e. The van der Waals surface area contributed by atoms with E-state index in [-0.39, 0.29) is 0 Å². The fourth-order valence-corrected chi connectivity index (χ4v) is 2.25. The minimum Gasteiger partial charge on any atom is -0.497 e. The van der Waals surface area contributed by atoms with Crippen molar-refractivity contribution < 1.29 is 4.74 Å². The van der Waals surface area contributed by atoms with Gasteiger partial charge in [-0.3, -0.25) is 0 Å². The Kier molecular flexibility index (Phi) is 8.12. The lowest BCUT2D eigenvalue weighted by molar-refractivity contribution is 0.415. The van der Waals surface area contributed by atoms with Crippen LogP contribution in [0.15, 0.2) is 24.3 Å². The maximum absolute atomic E-state index is 5.18. The van der Waals surface area contributed by atoms with E-state index in [9.17, 15) is 0 Å². The molecule has 0 saturated heterocycles. The fourth-order valence-electron chi connectivity index (χ4n) is 2.25. The van der Waals surface area contributed by atoms with Gasteiger partial charge in [-0.15, -0.1) is 0 Å². The van der Waals surface area contributed by atoms with Gasteiger partial charge in [0.1, 0.15) is 5.75 Å². The summed E-state index contributed by atoms with van der Waals surface area (Å²) < 4.78 is 5.18. The Morgan fingerprint density at radius 3 is 2.50 bits per heavy atom. The minimum absolute atomic E-state index is 0.616. The number of anilines is 1. The smallest absolute Gasteiger partial charge is 0.119 e. The number of unbranched alkanes of at least 4 members (excludes halogenated alkanes) is 2. The molecule has 1 aromatic carbocycles. The zero-order valence-electron chi connectivity index (χ0n) is 13.5. The lowest BCUT2D eigenvalue weighted by Gasteiger charge is -2.21. The van der Waals surface area contributed by atoms with Gasteiger partial charge < -0.3 is 15.0 Å². The van der Waals surface area contributed by atoms with Gasteiger partial charge in [-0.2, -0.15) is 0 Å². The summed E-state index contributed by atoms with van der Waals surface area (Å²) in [5.41, 5.74) is 1.23. The zero-order valence-corrected chi connectivity index (χ0v) is 13.5. The van der Waals surface area contributed by atoms with E-state index in [1.165, 1.54) is 31.4 Å². The Labute approximate surface area is 124 Å². The standard InChI is InChI=1S/C17H30N2O/c1-5-6-7-8-15(2)18-13-14-19(3)16-9-11-17(20-4)12-10-16/h9-12,15,18H,5-8,13-14H2,1-4H3. The van der Waals surface area contributed by atoms with Crippen molar-refractivity contribution in [1.29, 1.82) is 0 Å². The monoisotopic (exact) mass is 278 g/mol. The molecule has 0 radical (unpaired) electrons. The molecule has 0 bridgehead atoms. The van der Waals surface area contributed by atoms with Gasteiger partial charge in [0.25, 0.3) is 0 Å². The van der Waals surface area contributed by atoms with Crippen molar-refractivity contribution in [3.8, 4) is 5.75 Å². The van der Waals surface area contributed by atoms with Gasteiger partial charge in [-0.25, -0.2) is 0 Å². The predicted molar refractivity (Wildman–Crippen MR) is 87.9 cm³/mol. The van der Waals surface area contributed by atoms with Crippen LogP contribution in [0.4, 0.5) is 5.69 Å². The van der Waals surface area contributed by atoms with Crippen molar-refractivity contribution in [2.45, 2.75) is 45.6 Å². The van der Waals surface area contributed by atoms with Gasteiger partial charge in [-0.05, 0) is 37.6 Å². The lowest BCUT2D eigenvalue weighted by atomic mass is 10.1. The van der Waals surface area contributed by atoms with Gasteiger partial charge in [0, 0.05) is 31.9 Å². The first-order valence-electron chi connectivity index (χ1n) is 7.76. The van der Waals surface area contributed by atoms with Gasteiger partial charge in [0.2, 0.25) is 0 Å². The normalized spacial score (nSPS) is 12.2. The van der Waals surface area contributed by atoms with Crippen molar-refractivity contribution in [2.24, 2.45) is 0 Å². The number of likely N-dealkylation sites (N-methyl/N-ethyl adjacent to an activating group) is 1. The quantitative estimate of drug-likeness (QED) is 0.661. The summed E-state index contributed by atoms with van der Waals surface area (Å²) in [4.78, 5) is 2.27. The number of benzene rings is 1. The van der Waals surface area contributed by atoms with E-state index in [0.29, 0.717) is 6.04 Å². The molecule has 3 nitrogen and oxygen atoms in total. The summed E-state index contributed by atoms with van der Waals surface area (Å²) >= 11 is 0. The van der Waals surface area contributed by atoms with Crippen molar-refractivity contribution in [2.75, 3.05) is 32.1 Å². The second-order valence-corrected chi connectivity index (χ2v) is 5.47. The minimum atomic E-state index is 0.616. The van der Waals surface area contributed by atoms with Crippen molar-refractivity contribution in [3.63, 3.8) is 0 Å². The molecule has 1 rings (SSSR count). The number of ether oxygens (including phenoxy) is 1. The molecule has 1 N–H and O–H groups in total. The van der Waals surface area contributed by atoms with Gasteiger partial charge in [0.15, 0.2) is 0 Å². The first-order valence-corrected chi connectivity index (χ1v) is 7.76. The third kappa shape index (κ3) is 6.29. The number of nitrogens with one attached hydrogen (secondary N) is 1. The van der Waals surface area contributed by atoms with E-state index in [1.807, 2.05) is 12.1 Å². The van der Waals surface area contributed by atoms with E-state index >= 15 is 0 Å². The number of methoxy groups -OCH3 is 1. The number of rotatable bonds is 10. The molecule has 0 saturated carbocycles. The molecule has 0 aliphatic carbocycles. The van der Waals surface area contributed by atoms with Crippen LogP contribution < -0.4 is 15.0 Å². The lowest BCUT2D eigenvalue weighted by Crippen LogP contribution is -2.34. The maximum atomic E-state index is 5.18. The highest BCUT2D eigenvalue weighted by molar-refractivity contribution is 5.48. The fraction of sp³-hybridized carbons (Fsp3) is 0.647. The molecular formula is C17H30N2O. The second kappa shape index (κ2) is 9.65. The van der Waals surface area contributed by atoms with E-state index in [0.717, 1.165) is 18.8 Å². The number of hydrogen-bond acceptors (Lipinski definition) is 3. The first kappa shape index (κ1) is 16.8. The van der Waals surface area contributed by atoms with Crippen LogP contribution in [0.2, 0.25) is 0 Å². The molecule has 0 aromatic heterocycles. The summed E-state index contributed by atoms with van der Waals surface area (Å²) in [7, 11) is 3.83. The van der Waals surface area contributed by atoms with Gasteiger partial charge in [0.05, 0.1) is 7.11 Å². The topological polar surface area (TPSA) is 24.5 Å². The highest BCUT2D eigenvalue weighted by Gasteiger charge is 2.03. The van der Waals surface area contributed by atoms with Crippen LogP contribution in [0, 0.1) is 0 Å². The zero-order chi connectivity index (χ0) is 14.8. The molecule has 0 amide bonds. The molecule has 1 unspecified atom stereocenters. The highest BCUT2D eigenvalue weighted by atomic mass is 16.5. The molecule has 0 aliphatic rings. The average molecular weight is 278 g/mol. The average Bonchev–Trinajstić information content (AvgIpc) is 2.47.